The van der Waals surface area contributed by atoms with E-state index >= 15 is 0 Å². The number of carbonyl (C=O) groups is 2. The Morgan fingerprint density at radius 1 is 0.714 bits per heavy atom. The van der Waals surface area contributed by atoms with Gasteiger partial charge in [-0.3, -0.25) is 4.79 Å². The lowest BCUT2D eigenvalue weighted by molar-refractivity contribution is -0.150. The van der Waals surface area contributed by atoms with E-state index in [0.717, 1.165) is 83.7 Å². The number of carbonyl (C=O) groups excluding carboxylic acids is 2. The van der Waals surface area contributed by atoms with Crippen molar-refractivity contribution in [1.29, 1.82) is 0 Å². The van der Waals surface area contributed by atoms with Crippen molar-refractivity contribution >= 4 is 12.3 Å². The van der Waals surface area contributed by atoms with Gasteiger partial charge in [0.1, 0.15) is 12.4 Å². The quantitative estimate of drug-likeness (QED) is 0.0684. The largest absolute Gasteiger partial charge is 0.462 e. The highest BCUT2D eigenvalue weighted by Gasteiger charge is 2.13. The number of rotatable bonds is 28. The van der Waals surface area contributed by atoms with Gasteiger partial charge in [-0.05, 0) is 58.0 Å². The maximum absolute atomic E-state index is 12.3. The number of aldehydes is 1. The van der Waals surface area contributed by atoms with E-state index in [-0.39, 0.29) is 18.7 Å². The Morgan fingerprint density at radius 2 is 1.29 bits per heavy atom. The highest BCUT2D eigenvalue weighted by atomic mass is 16.5. The van der Waals surface area contributed by atoms with Gasteiger partial charge in [-0.1, -0.05) is 90.9 Å². The molecule has 5 heteroatoms. The summed E-state index contributed by atoms with van der Waals surface area (Å²) in [5.74, 6) is -0.00490. The minimum atomic E-state index is -0.00490. The van der Waals surface area contributed by atoms with Gasteiger partial charge in [0.15, 0.2) is 0 Å². The van der Waals surface area contributed by atoms with Gasteiger partial charge < -0.3 is 19.5 Å². The van der Waals surface area contributed by atoms with E-state index in [2.05, 4.69) is 18.7 Å². The minimum Gasteiger partial charge on any atom is -0.462 e. The monoisotopic (exact) mass is 497 g/mol. The Bertz CT molecular complexity index is 458. The Morgan fingerprint density at radius 3 is 1.89 bits per heavy atom. The third-order valence-corrected chi connectivity index (χ3v) is 6.86. The molecular weight excluding hydrogens is 438 g/mol. The lowest BCUT2D eigenvalue weighted by atomic mass is 10.0. The summed E-state index contributed by atoms with van der Waals surface area (Å²) in [6.45, 7) is 7.49. The highest BCUT2D eigenvalue weighted by molar-refractivity contribution is 5.69. The molecule has 0 aromatic heterocycles. The number of nitrogens with zero attached hydrogens (tertiary/aromatic N) is 1. The average molecular weight is 498 g/mol. The first kappa shape index (κ1) is 34.1. The van der Waals surface area contributed by atoms with Crippen LogP contribution in [0.4, 0.5) is 0 Å². The van der Waals surface area contributed by atoms with E-state index in [1.807, 2.05) is 0 Å². The maximum Gasteiger partial charge on any atom is 0.306 e. The molecule has 1 unspecified atom stereocenters. The predicted octanol–water partition coefficient (Wildman–Crippen LogP) is 7.62. The van der Waals surface area contributed by atoms with Gasteiger partial charge in [0, 0.05) is 19.4 Å². The predicted molar refractivity (Wildman–Crippen MR) is 148 cm³/mol. The molecule has 1 atom stereocenters. The second-order valence-electron chi connectivity index (χ2n) is 10.3. The van der Waals surface area contributed by atoms with Crippen molar-refractivity contribution in [2.24, 2.45) is 0 Å². The van der Waals surface area contributed by atoms with Gasteiger partial charge in [0.25, 0.3) is 0 Å². The van der Waals surface area contributed by atoms with Gasteiger partial charge in [0.05, 0.1) is 6.61 Å². The number of hydrogen-bond acceptors (Lipinski definition) is 5. The number of esters is 1. The van der Waals surface area contributed by atoms with Crippen LogP contribution in [0.2, 0.25) is 0 Å². The van der Waals surface area contributed by atoms with Crippen molar-refractivity contribution in [2.45, 2.75) is 155 Å². The summed E-state index contributed by atoms with van der Waals surface area (Å²) < 4.78 is 5.79. The third kappa shape index (κ3) is 24.5. The summed E-state index contributed by atoms with van der Waals surface area (Å²) in [5.41, 5.74) is 0. The van der Waals surface area contributed by atoms with Crippen molar-refractivity contribution in [1.82, 2.24) is 4.90 Å². The first-order valence-electron chi connectivity index (χ1n) is 15.1. The van der Waals surface area contributed by atoms with Crippen LogP contribution >= 0.6 is 0 Å². The van der Waals surface area contributed by atoms with Gasteiger partial charge in [-0.15, -0.1) is 0 Å². The molecule has 0 rings (SSSR count). The van der Waals surface area contributed by atoms with Crippen LogP contribution in [0.25, 0.3) is 0 Å². The summed E-state index contributed by atoms with van der Waals surface area (Å²) >= 11 is 0. The zero-order valence-electron chi connectivity index (χ0n) is 23.5. The minimum absolute atomic E-state index is 0.00490. The molecule has 0 radical (unpaired) electrons. The Balaban J connectivity index is 3.79. The van der Waals surface area contributed by atoms with Crippen molar-refractivity contribution in [3.8, 4) is 0 Å². The molecule has 0 spiro atoms. The summed E-state index contributed by atoms with van der Waals surface area (Å²) in [5, 5.41) is 9.33. The van der Waals surface area contributed by atoms with Crippen molar-refractivity contribution in [3.05, 3.63) is 0 Å². The van der Waals surface area contributed by atoms with Crippen molar-refractivity contribution in [3.63, 3.8) is 0 Å². The van der Waals surface area contributed by atoms with Crippen molar-refractivity contribution < 1.29 is 19.4 Å². The maximum atomic E-state index is 12.3. The zero-order chi connectivity index (χ0) is 25.8. The fourth-order valence-electron chi connectivity index (χ4n) is 4.69. The summed E-state index contributed by atoms with van der Waals surface area (Å²) in [4.78, 5) is 25.0. The lowest BCUT2D eigenvalue weighted by Gasteiger charge is -2.21. The lowest BCUT2D eigenvalue weighted by Crippen LogP contribution is -2.29. The standard InChI is InChI=1S/C30H59NO4/c1-3-5-6-7-11-16-22-29(21-4-2)35-30(34)23-17-12-10-14-19-25-31(26-28-33)24-18-13-8-9-15-20-27-32/h27,29,33H,3-26,28H2,1-2H3. The van der Waals surface area contributed by atoms with E-state index in [1.165, 1.54) is 64.2 Å². The molecule has 5 nitrogen and oxygen atoms in total. The van der Waals surface area contributed by atoms with E-state index in [1.54, 1.807) is 0 Å². The first-order chi connectivity index (χ1) is 17.2. The molecule has 0 aliphatic carbocycles. The Kier molecular flexibility index (Phi) is 26.9. The number of unbranched alkanes of at least 4 members (excludes halogenated alkanes) is 14. The molecule has 0 saturated carbocycles. The van der Waals surface area contributed by atoms with Gasteiger partial charge in [-0.25, -0.2) is 0 Å². The molecule has 1 N–H and O–H groups in total. The molecule has 0 aromatic carbocycles. The fourth-order valence-corrected chi connectivity index (χ4v) is 4.69. The van der Waals surface area contributed by atoms with Crippen LogP contribution in [0.5, 0.6) is 0 Å². The number of aliphatic hydroxyl groups is 1. The van der Waals surface area contributed by atoms with E-state index < -0.39 is 0 Å². The van der Waals surface area contributed by atoms with Crippen LogP contribution in [0.1, 0.15) is 149 Å². The van der Waals surface area contributed by atoms with Crippen LogP contribution in [-0.4, -0.2) is 54.6 Å². The first-order valence-corrected chi connectivity index (χ1v) is 15.1. The van der Waals surface area contributed by atoms with E-state index in [0.29, 0.717) is 12.8 Å². The molecule has 0 aliphatic heterocycles. The second-order valence-corrected chi connectivity index (χ2v) is 10.3. The topological polar surface area (TPSA) is 66.8 Å². The number of aliphatic hydroxyl groups excluding tert-OH is 1. The van der Waals surface area contributed by atoms with Crippen LogP contribution < -0.4 is 0 Å². The van der Waals surface area contributed by atoms with Crippen LogP contribution in [-0.2, 0) is 14.3 Å². The van der Waals surface area contributed by atoms with Crippen LogP contribution in [0.3, 0.4) is 0 Å². The van der Waals surface area contributed by atoms with Gasteiger partial charge >= 0.3 is 5.97 Å². The Labute approximate surface area is 217 Å². The van der Waals surface area contributed by atoms with Crippen molar-refractivity contribution in [2.75, 3.05) is 26.2 Å². The summed E-state index contributed by atoms with van der Waals surface area (Å²) in [7, 11) is 0. The summed E-state index contributed by atoms with van der Waals surface area (Å²) in [6.07, 6.45) is 24.4. The highest BCUT2D eigenvalue weighted by Crippen LogP contribution is 2.16. The molecule has 0 heterocycles. The number of ether oxygens (including phenoxy) is 1. The zero-order valence-corrected chi connectivity index (χ0v) is 23.5. The van der Waals surface area contributed by atoms with Gasteiger partial charge in [-0.2, -0.15) is 0 Å². The van der Waals surface area contributed by atoms with E-state index in [4.69, 9.17) is 4.74 Å². The molecule has 0 saturated heterocycles. The molecule has 0 bridgehead atoms. The van der Waals surface area contributed by atoms with Crippen LogP contribution in [0.15, 0.2) is 0 Å². The second kappa shape index (κ2) is 27.6. The molecule has 0 fully saturated rings. The van der Waals surface area contributed by atoms with E-state index in [9.17, 15) is 14.7 Å². The molecule has 35 heavy (non-hydrogen) atoms. The third-order valence-electron chi connectivity index (χ3n) is 6.86. The van der Waals surface area contributed by atoms with Gasteiger partial charge in [0.2, 0.25) is 0 Å². The normalized spacial score (nSPS) is 12.2. The summed E-state index contributed by atoms with van der Waals surface area (Å²) in [6, 6.07) is 0. The molecule has 0 aliphatic rings. The fraction of sp³-hybridized carbons (Fsp3) is 0.933. The molecule has 208 valence electrons. The van der Waals surface area contributed by atoms with Crippen LogP contribution in [0, 0.1) is 0 Å². The number of hydrogen-bond donors (Lipinski definition) is 1. The average Bonchev–Trinajstić information content (AvgIpc) is 2.84. The molecular formula is C30H59NO4. The SMILES string of the molecule is CCCCCCCCC(CCC)OC(=O)CCCCCCCN(CCO)CCCCCCCC=O. The Hall–Kier alpha value is -0.940. The molecule has 0 amide bonds. The smallest absolute Gasteiger partial charge is 0.306 e. The molecule has 0 aromatic rings.